The van der Waals surface area contributed by atoms with E-state index in [1.54, 1.807) is 0 Å². The van der Waals surface area contributed by atoms with Crippen LogP contribution in [-0.4, -0.2) is 23.9 Å². The highest BCUT2D eigenvalue weighted by atomic mass is 16.2. The van der Waals surface area contributed by atoms with Crippen LogP contribution in [0.4, 0.5) is 0 Å². The maximum absolute atomic E-state index is 13.0. The average molecular weight is 696 g/mol. The van der Waals surface area contributed by atoms with Gasteiger partial charge in [-0.05, 0) is 156 Å². The molecule has 5 nitrogen and oxygen atoms in total. The molecule has 4 fully saturated rings. The summed E-state index contributed by atoms with van der Waals surface area (Å²) in [5.74, 6) is 5.13. The van der Waals surface area contributed by atoms with Gasteiger partial charge in [0.15, 0.2) is 0 Å². The summed E-state index contributed by atoms with van der Waals surface area (Å²) < 4.78 is 0. The Kier molecular flexibility index (Phi) is 17.2. The van der Waals surface area contributed by atoms with Crippen LogP contribution in [0, 0.1) is 46.3 Å². The third-order valence-electron chi connectivity index (χ3n) is 14.8. The van der Waals surface area contributed by atoms with Gasteiger partial charge < -0.3 is 5.32 Å². The maximum atomic E-state index is 13.0. The molecule has 0 saturated heterocycles. The fourth-order valence-electron chi connectivity index (χ4n) is 11.9. The molecule has 0 radical (unpaired) electrons. The Bertz CT molecular complexity index is 1040. The number of rotatable bonds is 22. The average Bonchev–Trinajstić information content (AvgIpc) is 3.45. The molecule has 0 aromatic rings. The quantitative estimate of drug-likeness (QED) is 0.0600. The van der Waals surface area contributed by atoms with Crippen LogP contribution >= 0.6 is 0 Å². The normalized spacial score (nSPS) is 32.8. The van der Waals surface area contributed by atoms with Crippen molar-refractivity contribution < 1.29 is 9.59 Å². The monoisotopic (exact) mass is 696 g/mol. The van der Waals surface area contributed by atoms with Gasteiger partial charge in [-0.3, -0.25) is 15.0 Å². The molecule has 0 aromatic carbocycles. The molecule has 0 heterocycles. The fourth-order valence-corrected chi connectivity index (χ4v) is 11.9. The first kappa shape index (κ1) is 41.4. The van der Waals surface area contributed by atoms with Crippen LogP contribution in [0.5, 0.6) is 0 Å². The molecule has 288 valence electrons. The Morgan fingerprint density at radius 3 is 2.04 bits per heavy atom. The van der Waals surface area contributed by atoms with Crippen LogP contribution in [0.25, 0.3) is 0 Å². The lowest BCUT2D eigenvalue weighted by Crippen LogP contribution is -2.55. The van der Waals surface area contributed by atoms with Crippen molar-refractivity contribution in [2.45, 2.75) is 214 Å². The molecule has 4 rings (SSSR count). The molecule has 0 spiro atoms. The molecular formula is C45H81N3O2. The Hall–Kier alpha value is -1.36. The molecule has 3 N–H and O–H groups in total. The van der Waals surface area contributed by atoms with Gasteiger partial charge in [0.2, 0.25) is 11.8 Å². The van der Waals surface area contributed by atoms with E-state index in [9.17, 15) is 9.59 Å². The first-order valence-corrected chi connectivity index (χ1v) is 22.1. The van der Waals surface area contributed by atoms with E-state index in [1.807, 2.05) is 0 Å². The summed E-state index contributed by atoms with van der Waals surface area (Å²) in [6.07, 6.45) is 35.9. The van der Waals surface area contributed by atoms with E-state index in [-0.39, 0.29) is 11.9 Å². The largest absolute Gasteiger partial charge is 0.353 e. The Morgan fingerprint density at radius 2 is 1.34 bits per heavy atom. The van der Waals surface area contributed by atoms with E-state index in [1.165, 1.54) is 135 Å². The molecule has 5 heteroatoms. The zero-order valence-electron chi connectivity index (χ0n) is 33.8. The zero-order chi connectivity index (χ0) is 36.0. The third kappa shape index (κ3) is 11.6. The van der Waals surface area contributed by atoms with E-state index in [0.29, 0.717) is 41.5 Å². The lowest BCUT2D eigenvalue weighted by Gasteiger charge is -2.61. The first-order chi connectivity index (χ1) is 24.1. The highest BCUT2D eigenvalue weighted by molar-refractivity contribution is 5.76. The van der Waals surface area contributed by atoms with Crippen LogP contribution in [0.2, 0.25) is 0 Å². The van der Waals surface area contributed by atoms with E-state index < -0.39 is 0 Å². The number of unbranched alkanes of at least 4 members (excludes halogenated alkanes) is 11. The Balaban J connectivity index is 1.11. The minimum Gasteiger partial charge on any atom is -0.353 e. The molecule has 0 aliphatic heterocycles. The second kappa shape index (κ2) is 20.8. The number of fused-ring (bicyclic) bond motifs is 5. The van der Waals surface area contributed by atoms with Gasteiger partial charge in [-0.15, -0.1) is 0 Å². The van der Waals surface area contributed by atoms with Gasteiger partial charge in [-0.2, -0.15) is 0 Å². The number of carbonyl (C=O) groups is 2. The molecular weight excluding hydrogens is 615 g/mol. The van der Waals surface area contributed by atoms with E-state index >= 15 is 0 Å². The summed E-state index contributed by atoms with van der Waals surface area (Å²) in [5.41, 5.74) is 6.84. The summed E-state index contributed by atoms with van der Waals surface area (Å²) in [4.78, 5) is 25.4. The smallest absolute Gasteiger partial charge is 0.234 e. The van der Waals surface area contributed by atoms with Crippen molar-refractivity contribution in [3.8, 4) is 0 Å². The first-order valence-electron chi connectivity index (χ1n) is 22.1. The van der Waals surface area contributed by atoms with Crippen molar-refractivity contribution in [1.29, 1.82) is 0 Å². The second-order valence-electron chi connectivity index (χ2n) is 18.6. The summed E-state index contributed by atoms with van der Waals surface area (Å²) >= 11 is 0. The van der Waals surface area contributed by atoms with Crippen molar-refractivity contribution in [2.75, 3.05) is 0 Å². The standard InChI is InChI=1S/C45H81N3O2/c1-7-8-9-10-11-12-13-14-15-16-17-18-19-20-21-22-42(49)46-37-29-31-44(5)36(33-37)24-25-38-40-27-26-39(45(40,6)32-30-41(38)44)35(4)23-28-43(50)48-47-34(2)3/h14-15,34-41,47H,7-13,16-33H2,1-6H3,(H,46,49)(H,48,50)/b15-14-/t35-,36?,37?,38?,39?,40?,41?,44?,45?/m1/s1. The fraction of sp³-hybridized carbons (Fsp3) is 0.911. The number of hydrogen-bond donors (Lipinski definition) is 3. The molecule has 0 bridgehead atoms. The molecule has 0 aromatic heterocycles. The maximum Gasteiger partial charge on any atom is 0.234 e. The summed E-state index contributed by atoms with van der Waals surface area (Å²) in [6, 6.07) is 0.651. The van der Waals surface area contributed by atoms with Gasteiger partial charge in [-0.1, -0.05) is 91.2 Å². The van der Waals surface area contributed by atoms with Crippen molar-refractivity contribution in [3.63, 3.8) is 0 Å². The Morgan fingerprint density at radius 1 is 0.700 bits per heavy atom. The van der Waals surface area contributed by atoms with E-state index in [4.69, 9.17) is 0 Å². The SMILES string of the molecule is CCCCCCCC/C=C\CCCCCCCC(=O)NC1CCC2(C)C(CCC3C2CCC2(C)C3CCC2[C@H](C)CCC(=O)NNC(C)C)C1. The summed E-state index contributed by atoms with van der Waals surface area (Å²) in [7, 11) is 0. The minimum atomic E-state index is 0.134. The van der Waals surface area contributed by atoms with Crippen LogP contribution in [-0.2, 0) is 9.59 Å². The third-order valence-corrected chi connectivity index (χ3v) is 14.8. The van der Waals surface area contributed by atoms with Crippen molar-refractivity contribution in [2.24, 2.45) is 46.3 Å². The molecule has 8 unspecified atom stereocenters. The molecule has 50 heavy (non-hydrogen) atoms. The molecule has 9 atom stereocenters. The van der Waals surface area contributed by atoms with Gasteiger partial charge in [0.1, 0.15) is 0 Å². The number of hydrazine groups is 1. The zero-order valence-corrected chi connectivity index (χ0v) is 33.8. The number of nitrogens with one attached hydrogen (secondary N) is 3. The predicted octanol–water partition coefficient (Wildman–Crippen LogP) is 11.6. The highest BCUT2D eigenvalue weighted by Crippen LogP contribution is 2.68. The number of hydrogen-bond acceptors (Lipinski definition) is 3. The van der Waals surface area contributed by atoms with Crippen molar-refractivity contribution in [3.05, 3.63) is 12.2 Å². The predicted molar refractivity (Wildman–Crippen MR) is 211 cm³/mol. The van der Waals surface area contributed by atoms with E-state index in [2.05, 4.69) is 69.9 Å². The van der Waals surface area contributed by atoms with E-state index in [0.717, 1.165) is 42.4 Å². The van der Waals surface area contributed by atoms with Gasteiger partial charge in [0.05, 0.1) is 0 Å². The summed E-state index contributed by atoms with van der Waals surface area (Å²) in [6.45, 7) is 14.1. The second-order valence-corrected chi connectivity index (χ2v) is 18.6. The topological polar surface area (TPSA) is 70.2 Å². The van der Waals surface area contributed by atoms with Gasteiger partial charge in [0, 0.05) is 24.9 Å². The molecule has 4 aliphatic carbocycles. The van der Waals surface area contributed by atoms with Gasteiger partial charge >= 0.3 is 0 Å². The van der Waals surface area contributed by atoms with Gasteiger partial charge in [0.25, 0.3) is 0 Å². The number of allylic oxidation sites excluding steroid dienone is 2. The molecule has 2 amide bonds. The van der Waals surface area contributed by atoms with Gasteiger partial charge in [-0.25, -0.2) is 5.43 Å². The number of carbonyl (C=O) groups excluding carboxylic acids is 2. The Labute approximate surface area is 309 Å². The molecule has 4 saturated carbocycles. The number of amides is 2. The highest BCUT2D eigenvalue weighted by Gasteiger charge is 2.60. The van der Waals surface area contributed by atoms with Crippen molar-refractivity contribution >= 4 is 11.8 Å². The van der Waals surface area contributed by atoms with Crippen LogP contribution in [0.3, 0.4) is 0 Å². The lowest BCUT2D eigenvalue weighted by molar-refractivity contribution is -0.128. The van der Waals surface area contributed by atoms with Crippen molar-refractivity contribution in [1.82, 2.24) is 16.2 Å². The van der Waals surface area contributed by atoms with Crippen LogP contribution < -0.4 is 16.2 Å². The minimum absolute atomic E-state index is 0.134. The summed E-state index contributed by atoms with van der Waals surface area (Å²) in [5, 5.41) is 3.50. The van der Waals surface area contributed by atoms with Crippen LogP contribution in [0.1, 0.15) is 202 Å². The van der Waals surface area contributed by atoms with Crippen LogP contribution in [0.15, 0.2) is 12.2 Å². The molecule has 4 aliphatic rings. The lowest BCUT2D eigenvalue weighted by atomic mass is 9.44.